The molecule has 0 aliphatic heterocycles. The molecule has 2 aromatic heterocycles. The quantitative estimate of drug-likeness (QED) is 0.694. The van der Waals surface area contributed by atoms with Crippen molar-refractivity contribution in [1.29, 1.82) is 5.26 Å². The van der Waals surface area contributed by atoms with Crippen molar-refractivity contribution in [1.82, 2.24) is 4.98 Å². The molecule has 2 nitrogen and oxygen atoms in total. The Bertz CT molecular complexity index is 550. The fourth-order valence-electron chi connectivity index (χ4n) is 1.20. The molecule has 0 saturated heterocycles. The molecule has 76 valence electrons. The lowest BCUT2D eigenvalue weighted by atomic mass is 10.2. The number of alkyl halides is 3. The molecular formula is C9H3F3N2S. The van der Waals surface area contributed by atoms with Gasteiger partial charge in [-0.25, -0.2) is 4.98 Å². The number of rotatable bonds is 0. The molecule has 0 bridgehead atoms. The Hall–Kier alpha value is -1.61. The predicted molar refractivity (Wildman–Crippen MR) is 49.3 cm³/mol. The van der Waals surface area contributed by atoms with E-state index in [0.29, 0.717) is 4.70 Å². The number of nitrogens with zero attached hydrogens (tertiary/aromatic N) is 2. The van der Waals surface area contributed by atoms with Crippen LogP contribution in [0.2, 0.25) is 0 Å². The second-order valence-corrected chi connectivity index (χ2v) is 3.74. The fraction of sp³-hybridized carbons (Fsp3) is 0.111. The van der Waals surface area contributed by atoms with Crippen LogP contribution in [0.4, 0.5) is 13.2 Å². The van der Waals surface area contributed by atoms with E-state index in [1.165, 1.54) is 6.07 Å². The molecule has 0 N–H and O–H groups in total. The minimum Gasteiger partial charge on any atom is -0.245 e. The van der Waals surface area contributed by atoms with Crippen LogP contribution < -0.4 is 0 Å². The van der Waals surface area contributed by atoms with Crippen molar-refractivity contribution in [2.24, 2.45) is 0 Å². The Morgan fingerprint density at radius 2 is 2.13 bits per heavy atom. The maximum atomic E-state index is 12.4. The summed E-state index contributed by atoms with van der Waals surface area (Å²) >= 11 is 0.959. The summed E-state index contributed by atoms with van der Waals surface area (Å²) in [5.41, 5.74) is -0.572. The van der Waals surface area contributed by atoms with Crippen LogP contribution >= 0.6 is 11.3 Å². The monoisotopic (exact) mass is 228 g/mol. The van der Waals surface area contributed by atoms with Crippen LogP contribution in [0.15, 0.2) is 17.6 Å². The SMILES string of the molecule is N#Cc1cc2scc(C(F)(F)F)c2cn1. The van der Waals surface area contributed by atoms with Gasteiger partial charge < -0.3 is 0 Å². The van der Waals surface area contributed by atoms with Gasteiger partial charge in [-0.2, -0.15) is 18.4 Å². The van der Waals surface area contributed by atoms with Crippen LogP contribution in [0, 0.1) is 11.3 Å². The molecule has 0 spiro atoms. The average Bonchev–Trinajstić information content (AvgIpc) is 2.59. The first-order valence-electron chi connectivity index (χ1n) is 3.87. The van der Waals surface area contributed by atoms with Gasteiger partial charge in [0.25, 0.3) is 0 Å². The third-order valence-electron chi connectivity index (χ3n) is 1.88. The van der Waals surface area contributed by atoms with Crippen LogP contribution in [0.25, 0.3) is 10.1 Å². The van der Waals surface area contributed by atoms with Crippen LogP contribution in [-0.2, 0) is 6.18 Å². The largest absolute Gasteiger partial charge is 0.417 e. The average molecular weight is 228 g/mol. The van der Waals surface area contributed by atoms with Crippen molar-refractivity contribution in [2.45, 2.75) is 6.18 Å². The van der Waals surface area contributed by atoms with E-state index in [0.717, 1.165) is 22.9 Å². The third kappa shape index (κ3) is 1.66. The molecule has 0 fully saturated rings. The van der Waals surface area contributed by atoms with Crippen LogP contribution in [0.3, 0.4) is 0 Å². The maximum Gasteiger partial charge on any atom is 0.417 e. The smallest absolute Gasteiger partial charge is 0.245 e. The lowest BCUT2D eigenvalue weighted by Crippen LogP contribution is -2.03. The summed E-state index contributed by atoms with van der Waals surface area (Å²) in [5.74, 6) is 0. The number of thiophene rings is 1. The highest BCUT2D eigenvalue weighted by Gasteiger charge is 2.33. The first-order valence-corrected chi connectivity index (χ1v) is 4.75. The molecule has 0 aliphatic carbocycles. The standard InChI is InChI=1S/C9H3F3N2S/c10-9(11,12)7-4-15-8-1-5(2-13)14-3-6(7)8/h1,3-4H. The Labute approximate surface area is 86.6 Å². The van der Waals surface area contributed by atoms with Crippen molar-refractivity contribution in [3.8, 4) is 6.07 Å². The zero-order valence-corrected chi connectivity index (χ0v) is 7.99. The van der Waals surface area contributed by atoms with Crippen molar-refractivity contribution in [2.75, 3.05) is 0 Å². The molecular weight excluding hydrogens is 225 g/mol. The minimum absolute atomic E-state index is 0.0477. The molecule has 0 saturated carbocycles. The van der Waals surface area contributed by atoms with E-state index < -0.39 is 11.7 Å². The van der Waals surface area contributed by atoms with Gasteiger partial charge in [0.2, 0.25) is 0 Å². The molecule has 0 radical (unpaired) electrons. The van der Waals surface area contributed by atoms with E-state index in [4.69, 9.17) is 5.26 Å². The second-order valence-electron chi connectivity index (χ2n) is 2.82. The van der Waals surface area contributed by atoms with Crippen molar-refractivity contribution >= 4 is 21.4 Å². The summed E-state index contributed by atoms with van der Waals surface area (Å²) in [7, 11) is 0. The maximum absolute atomic E-state index is 12.4. The molecule has 2 heterocycles. The third-order valence-corrected chi connectivity index (χ3v) is 2.83. The lowest BCUT2D eigenvalue weighted by Gasteiger charge is -2.03. The second kappa shape index (κ2) is 3.21. The number of hydrogen-bond donors (Lipinski definition) is 0. The molecule has 15 heavy (non-hydrogen) atoms. The predicted octanol–water partition coefficient (Wildman–Crippen LogP) is 3.19. The summed E-state index contributed by atoms with van der Waals surface area (Å²) in [6, 6.07) is 3.14. The van der Waals surface area contributed by atoms with E-state index in [1.807, 2.05) is 0 Å². The van der Waals surface area contributed by atoms with Crippen molar-refractivity contribution < 1.29 is 13.2 Å². The molecule has 0 aliphatic rings. The van der Waals surface area contributed by atoms with Crippen LogP contribution in [0.1, 0.15) is 11.3 Å². The number of nitriles is 1. The Kier molecular flexibility index (Phi) is 2.12. The van der Waals surface area contributed by atoms with Gasteiger partial charge in [-0.1, -0.05) is 0 Å². The van der Waals surface area contributed by atoms with Gasteiger partial charge in [0.1, 0.15) is 11.8 Å². The summed E-state index contributed by atoms with van der Waals surface area (Å²) in [6.07, 6.45) is -3.28. The van der Waals surface area contributed by atoms with Crippen LogP contribution in [0.5, 0.6) is 0 Å². The van der Waals surface area contributed by atoms with E-state index in [1.54, 1.807) is 6.07 Å². The fourth-order valence-corrected chi connectivity index (χ4v) is 2.18. The Morgan fingerprint density at radius 1 is 1.40 bits per heavy atom. The normalized spacial score (nSPS) is 11.6. The van der Waals surface area contributed by atoms with Gasteiger partial charge in [-0.05, 0) is 6.07 Å². The topological polar surface area (TPSA) is 36.7 Å². The van der Waals surface area contributed by atoms with E-state index in [-0.39, 0.29) is 11.1 Å². The number of halogens is 3. The zero-order valence-electron chi connectivity index (χ0n) is 7.17. The Morgan fingerprint density at radius 3 is 2.73 bits per heavy atom. The summed E-state index contributed by atoms with van der Waals surface area (Å²) in [5, 5.41) is 9.62. The molecule has 0 amide bonds. The number of hydrogen-bond acceptors (Lipinski definition) is 3. The Balaban J connectivity index is 2.69. The highest BCUT2D eigenvalue weighted by atomic mass is 32.1. The first-order chi connectivity index (χ1) is 7.02. The molecule has 0 aromatic carbocycles. The van der Waals surface area contributed by atoms with Crippen molar-refractivity contribution in [3.05, 3.63) is 28.9 Å². The molecule has 0 atom stereocenters. The minimum atomic E-state index is -4.37. The first kappa shape index (κ1) is 9.93. The van der Waals surface area contributed by atoms with Gasteiger partial charge in [-0.15, -0.1) is 11.3 Å². The van der Waals surface area contributed by atoms with Gasteiger partial charge in [0, 0.05) is 21.7 Å². The highest BCUT2D eigenvalue weighted by Crippen LogP contribution is 2.38. The molecule has 6 heteroatoms. The van der Waals surface area contributed by atoms with E-state index in [9.17, 15) is 13.2 Å². The highest BCUT2D eigenvalue weighted by molar-refractivity contribution is 7.17. The molecule has 2 aromatic rings. The van der Waals surface area contributed by atoms with E-state index >= 15 is 0 Å². The van der Waals surface area contributed by atoms with Crippen LogP contribution in [-0.4, -0.2) is 4.98 Å². The summed E-state index contributed by atoms with van der Waals surface area (Å²) in [6.45, 7) is 0. The number of aromatic nitrogens is 1. The molecule has 2 rings (SSSR count). The number of pyridine rings is 1. The van der Waals surface area contributed by atoms with Gasteiger partial charge in [0.15, 0.2) is 0 Å². The van der Waals surface area contributed by atoms with Gasteiger partial charge >= 0.3 is 6.18 Å². The zero-order chi connectivity index (χ0) is 11.1. The van der Waals surface area contributed by atoms with Crippen molar-refractivity contribution in [3.63, 3.8) is 0 Å². The van der Waals surface area contributed by atoms with Gasteiger partial charge in [0.05, 0.1) is 5.56 Å². The number of fused-ring (bicyclic) bond motifs is 1. The van der Waals surface area contributed by atoms with Gasteiger partial charge in [-0.3, -0.25) is 0 Å². The molecule has 0 unspecified atom stereocenters. The van der Waals surface area contributed by atoms with E-state index in [2.05, 4.69) is 4.98 Å². The lowest BCUT2D eigenvalue weighted by molar-refractivity contribution is -0.136. The summed E-state index contributed by atoms with van der Waals surface area (Å²) in [4.78, 5) is 3.62. The summed E-state index contributed by atoms with van der Waals surface area (Å²) < 4.78 is 37.8.